The van der Waals surface area contributed by atoms with Gasteiger partial charge < -0.3 is 0 Å². The first-order chi connectivity index (χ1) is 7.83. The molecule has 0 aliphatic carbocycles. The molecule has 0 aliphatic heterocycles. The van der Waals surface area contributed by atoms with E-state index in [1.165, 1.54) is 11.1 Å². The average molecular weight is 299 g/mol. The van der Waals surface area contributed by atoms with Crippen LogP contribution in [0.15, 0.2) is 22.7 Å². The van der Waals surface area contributed by atoms with Gasteiger partial charge in [0, 0.05) is 10.5 Å². The second-order valence-electron chi connectivity index (χ2n) is 5.82. The molecule has 1 unspecified atom stereocenters. The molecule has 3 heteroatoms. The molecule has 1 rings (SSSR count). The third kappa shape index (κ3) is 4.78. The SMILES string of the molecule is Cc1cc(Br)ccc1C(CCC(C)(C)C)NN. The smallest absolute Gasteiger partial charge is 0.0462 e. The molecule has 0 heterocycles. The molecular weight excluding hydrogens is 276 g/mol. The van der Waals surface area contributed by atoms with Crippen LogP contribution in [0.4, 0.5) is 0 Å². The second-order valence-corrected chi connectivity index (χ2v) is 6.74. The Balaban J connectivity index is 2.79. The summed E-state index contributed by atoms with van der Waals surface area (Å²) >= 11 is 3.49. The van der Waals surface area contributed by atoms with Crippen LogP contribution in [-0.4, -0.2) is 0 Å². The normalized spacial score (nSPS) is 13.8. The van der Waals surface area contributed by atoms with Crippen molar-refractivity contribution >= 4 is 15.9 Å². The number of hydrogen-bond acceptors (Lipinski definition) is 2. The third-order valence-corrected chi connectivity index (χ3v) is 3.48. The average Bonchev–Trinajstić information content (AvgIpc) is 2.19. The van der Waals surface area contributed by atoms with Crippen LogP contribution in [-0.2, 0) is 0 Å². The van der Waals surface area contributed by atoms with Crippen LogP contribution < -0.4 is 11.3 Å². The lowest BCUT2D eigenvalue weighted by Gasteiger charge is -2.24. The maximum absolute atomic E-state index is 5.68. The van der Waals surface area contributed by atoms with E-state index in [-0.39, 0.29) is 6.04 Å². The number of nitrogens with one attached hydrogen (secondary N) is 1. The Kier molecular flexibility index (Phi) is 5.17. The van der Waals surface area contributed by atoms with E-state index in [1.54, 1.807) is 0 Å². The molecule has 0 fully saturated rings. The van der Waals surface area contributed by atoms with Crippen molar-refractivity contribution in [2.75, 3.05) is 0 Å². The Morgan fingerprint density at radius 1 is 1.35 bits per heavy atom. The quantitative estimate of drug-likeness (QED) is 0.649. The van der Waals surface area contributed by atoms with Gasteiger partial charge in [-0.2, -0.15) is 0 Å². The van der Waals surface area contributed by atoms with Crippen molar-refractivity contribution < 1.29 is 0 Å². The molecule has 1 atom stereocenters. The van der Waals surface area contributed by atoms with Gasteiger partial charge in [-0.25, -0.2) is 0 Å². The summed E-state index contributed by atoms with van der Waals surface area (Å²) in [6.45, 7) is 8.90. The maximum atomic E-state index is 5.68. The monoisotopic (exact) mass is 298 g/mol. The molecule has 0 saturated carbocycles. The standard InChI is InChI=1S/C14H23BrN2/c1-10-9-11(15)5-6-12(10)13(17-16)7-8-14(2,3)4/h5-6,9,13,17H,7-8,16H2,1-4H3. The highest BCUT2D eigenvalue weighted by Crippen LogP contribution is 2.29. The van der Waals surface area contributed by atoms with Crippen molar-refractivity contribution in [3.05, 3.63) is 33.8 Å². The summed E-state index contributed by atoms with van der Waals surface area (Å²) in [7, 11) is 0. The molecule has 2 nitrogen and oxygen atoms in total. The number of benzene rings is 1. The summed E-state index contributed by atoms with van der Waals surface area (Å²) in [6, 6.07) is 6.59. The van der Waals surface area contributed by atoms with Gasteiger partial charge in [-0.05, 0) is 48.4 Å². The van der Waals surface area contributed by atoms with Crippen molar-refractivity contribution in [3.63, 3.8) is 0 Å². The van der Waals surface area contributed by atoms with E-state index in [4.69, 9.17) is 5.84 Å². The van der Waals surface area contributed by atoms with E-state index in [0.29, 0.717) is 5.41 Å². The Labute approximate surface area is 113 Å². The van der Waals surface area contributed by atoms with E-state index >= 15 is 0 Å². The molecule has 0 spiro atoms. The number of hydrazine groups is 1. The Morgan fingerprint density at radius 2 is 2.00 bits per heavy atom. The molecule has 0 amide bonds. The highest BCUT2D eigenvalue weighted by molar-refractivity contribution is 9.10. The molecule has 0 saturated heterocycles. The Hall–Kier alpha value is -0.380. The first kappa shape index (κ1) is 14.7. The van der Waals surface area contributed by atoms with Gasteiger partial charge in [-0.3, -0.25) is 11.3 Å². The first-order valence-corrected chi connectivity index (χ1v) is 6.85. The zero-order chi connectivity index (χ0) is 13.1. The van der Waals surface area contributed by atoms with E-state index in [0.717, 1.165) is 17.3 Å². The highest BCUT2D eigenvalue weighted by Gasteiger charge is 2.17. The summed E-state index contributed by atoms with van der Waals surface area (Å²) in [5.41, 5.74) is 5.85. The van der Waals surface area contributed by atoms with Crippen LogP contribution in [0.5, 0.6) is 0 Å². The van der Waals surface area contributed by atoms with E-state index in [2.05, 4.69) is 67.2 Å². The van der Waals surface area contributed by atoms with Crippen LogP contribution in [0.2, 0.25) is 0 Å². The fourth-order valence-electron chi connectivity index (χ4n) is 1.94. The number of rotatable bonds is 4. The zero-order valence-electron chi connectivity index (χ0n) is 11.2. The number of halogens is 1. The lowest BCUT2D eigenvalue weighted by Crippen LogP contribution is -2.29. The Morgan fingerprint density at radius 3 is 2.47 bits per heavy atom. The molecule has 17 heavy (non-hydrogen) atoms. The van der Waals surface area contributed by atoms with Crippen LogP contribution in [0.3, 0.4) is 0 Å². The Bertz CT molecular complexity index is 369. The minimum Gasteiger partial charge on any atom is -0.271 e. The molecule has 0 aromatic heterocycles. The minimum atomic E-state index is 0.238. The van der Waals surface area contributed by atoms with Crippen LogP contribution in [0, 0.1) is 12.3 Å². The molecule has 0 bridgehead atoms. The highest BCUT2D eigenvalue weighted by atomic mass is 79.9. The van der Waals surface area contributed by atoms with Crippen molar-refractivity contribution in [2.45, 2.75) is 46.6 Å². The second kappa shape index (κ2) is 5.98. The number of aryl methyl sites for hydroxylation is 1. The molecule has 1 aromatic rings. The van der Waals surface area contributed by atoms with E-state index < -0.39 is 0 Å². The van der Waals surface area contributed by atoms with Crippen LogP contribution >= 0.6 is 15.9 Å². The fraction of sp³-hybridized carbons (Fsp3) is 0.571. The lowest BCUT2D eigenvalue weighted by molar-refractivity contribution is 0.333. The van der Waals surface area contributed by atoms with Crippen molar-refractivity contribution in [1.82, 2.24) is 5.43 Å². The fourth-order valence-corrected chi connectivity index (χ4v) is 2.41. The van der Waals surface area contributed by atoms with Crippen molar-refractivity contribution in [3.8, 4) is 0 Å². The summed E-state index contributed by atoms with van der Waals surface area (Å²) in [5, 5.41) is 0. The molecule has 96 valence electrons. The van der Waals surface area contributed by atoms with Crippen molar-refractivity contribution in [2.24, 2.45) is 11.3 Å². The van der Waals surface area contributed by atoms with Gasteiger partial charge in [-0.1, -0.05) is 42.8 Å². The van der Waals surface area contributed by atoms with Gasteiger partial charge >= 0.3 is 0 Å². The number of nitrogens with two attached hydrogens (primary N) is 1. The van der Waals surface area contributed by atoms with Crippen molar-refractivity contribution in [1.29, 1.82) is 0 Å². The molecule has 1 aromatic carbocycles. The summed E-state index contributed by atoms with van der Waals surface area (Å²) in [5.74, 6) is 5.68. The van der Waals surface area contributed by atoms with E-state index in [1.807, 2.05) is 0 Å². The molecule has 0 aliphatic rings. The van der Waals surface area contributed by atoms with Gasteiger partial charge in [0.25, 0.3) is 0 Å². The predicted octanol–water partition coefficient (Wildman–Crippen LogP) is 4.09. The topological polar surface area (TPSA) is 38.0 Å². The van der Waals surface area contributed by atoms with E-state index in [9.17, 15) is 0 Å². The lowest BCUT2D eigenvalue weighted by atomic mass is 9.86. The van der Waals surface area contributed by atoms with Crippen LogP contribution in [0.1, 0.15) is 50.8 Å². The van der Waals surface area contributed by atoms with Gasteiger partial charge in [0.2, 0.25) is 0 Å². The largest absolute Gasteiger partial charge is 0.271 e. The number of hydrogen-bond donors (Lipinski definition) is 2. The summed E-state index contributed by atoms with van der Waals surface area (Å²) in [6.07, 6.45) is 2.21. The summed E-state index contributed by atoms with van der Waals surface area (Å²) < 4.78 is 1.12. The first-order valence-electron chi connectivity index (χ1n) is 6.05. The van der Waals surface area contributed by atoms with Gasteiger partial charge in [0.1, 0.15) is 0 Å². The van der Waals surface area contributed by atoms with Gasteiger partial charge in [-0.15, -0.1) is 0 Å². The maximum Gasteiger partial charge on any atom is 0.0462 e. The predicted molar refractivity (Wildman–Crippen MR) is 77.6 cm³/mol. The zero-order valence-corrected chi connectivity index (χ0v) is 12.8. The molecular formula is C14H23BrN2. The molecule has 0 radical (unpaired) electrons. The summed E-state index contributed by atoms with van der Waals surface area (Å²) in [4.78, 5) is 0. The molecule has 3 N–H and O–H groups in total. The van der Waals surface area contributed by atoms with Crippen LogP contribution in [0.25, 0.3) is 0 Å². The van der Waals surface area contributed by atoms with Gasteiger partial charge in [0.15, 0.2) is 0 Å². The minimum absolute atomic E-state index is 0.238. The van der Waals surface area contributed by atoms with Gasteiger partial charge in [0.05, 0.1) is 0 Å². The third-order valence-electron chi connectivity index (χ3n) is 2.99.